The number of ether oxygens (including phenoxy) is 1. The molecule has 2 N–H and O–H groups in total. The predicted octanol–water partition coefficient (Wildman–Crippen LogP) is 1.61. The van der Waals surface area contributed by atoms with E-state index in [0.29, 0.717) is 25.4 Å². The fourth-order valence-corrected chi connectivity index (χ4v) is 2.84. The van der Waals surface area contributed by atoms with E-state index in [1.165, 1.54) is 19.0 Å². The Bertz CT molecular complexity index is 527. The van der Waals surface area contributed by atoms with E-state index in [2.05, 4.69) is 15.0 Å². The van der Waals surface area contributed by atoms with Crippen LogP contribution in [0.25, 0.3) is 0 Å². The molecule has 2 rings (SSSR count). The maximum atomic E-state index is 12.0. The van der Waals surface area contributed by atoms with Gasteiger partial charge in [0.25, 0.3) is 0 Å². The van der Waals surface area contributed by atoms with Gasteiger partial charge in [0.2, 0.25) is 10.0 Å². The number of hydrogen-bond donors (Lipinski definition) is 2. The quantitative estimate of drug-likeness (QED) is 0.641. The van der Waals surface area contributed by atoms with Crippen LogP contribution >= 0.6 is 0 Å². The van der Waals surface area contributed by atoms with Gasteiger partial charge in [0, 0.05) is 32.5 Å². The summed E-state index contributed by atoms with van der Waals surface area (Å²) in [5, 5.41) is 3.02. The lowest BCUT2D eigenvalue weighted by Gasteiger charge is -2.08. The highest BCUT2D eigenvalue weighted by atomic mass is 32.2. The van der Waals surface area contributed by atoms with Crippen LogP contribution in [0, 0.1) is 5.92 Å². The Morgan fingerprint density at radius 2 is 2.19 bits per heavy atom. The summed E-state index contributed by atoms with van der Waals surface area (Å²) in [7, 11) is -3.48. The van der Waals surface area contributed by atoms with Crippen molar-refractivity contribution in [2.24, 2.45) is 5.92 Å². The first-order valence-corrected chi connectivity index (χ1v) is 8.87. The van der Waals surface area contributed by atoms with Gasteiger partial charge in [0.05, 0.1) is 0 Å². The van der Waals surface area contributed by atoms with E-state index in [-0.39, 0.29) is 4.90 Å². The van der Waals surface area contributed by atoms with Crippen molar-refractivity contribution in [2.45, 2.75) is 31.1 Å². The third kappa shape index (κ3) is 5.61. The Morgan fingerprint density at radius 3 is 2.81 bits per heavy atom. The maximum absolute atomic E-state index is 12.0. The van der Waals surface area contributed by atoms with Gasteiger partial charge in [-0.2, -0.15) is 0 Å². The summed E-state index contributed by atoms with van der Waals surface area (Å²) >= 11 is 0. The lowest BCUT2D eigenvalue weighted by atomic mass is 10.4. The molecule has 1 saturated carbocycles. The molecule has 0 aromatic carbocycles. The first-order valence-electron chi connectivity index (χ1n) is 7.39. The van der Waals surface area contributed by atoms with Gasteiger partial charge < -0.3 is 10.1 Å². The molecule has 0 spiro atoms. The summed E-state index contributed by atoms with van der Waals surface area (Å²) in [6.45, 7) is 4.48. The van der Waals surface area contributed by atoms with Gasteiger partial charge >= 0.3 is 0 Å². The van der Waals surface area contributed by atoms with Crippen LogP contribution in [-0.2, 0) is 14.8 Å². The number of pyridine rings is 1. The second-order valence-electron chi connectivity index (χ2n) is 5.18. The normalized spacial score (nSPS) is 15.1. The largest absolute Gasteiger partial charge is 0.381 e. The van der Waals surface area contributed by atoms with Crippen LogP contribution in [-0.4, -0.2) is 39.7 Å². The number of hydrogen-bond acceptors (Lipinski definition) is 5. The third-order valence-corrected chi connectivity index (χ3v) is 4.66. The van der Waals surface area contributed by atoms with Crippen LogP contribution in [0.1, 0.15) is 26.2 Å². The van der Waals surface area contributed by atoms with Crippen molar-refractivity contribution in [1.29, 1.82) is 0 Å². The summed E-state index contributed by atoms with van der Waals surface area (Å²) in [5.74, 6) is 1.41. The summed E-state index contributed by atoms with van der Waals surface area (Å²) in [4.78, 5) is 4.25. The molecule has 0 aliphatic heterocycles. The van der Waals surface area contributed by atoms with Gasteiger partial charge in [-0.15, -0.1) is 0 Å². The van der Waals surface area contributed by atoms with Crippen molar-refractivity contribution in [1.82, 2.24) is 9.71 Å². The molecule has 1 aliphatic rings. The lowest BCUT2D eigenvalue weighted by molar-refractivity contribution is 0.123. The second-order valence-corrected chi connectivity index (χ2v) is 6.95. The van der Waals surface area contributed by atoms with Crippen LogP contribution in [0.5, 0.6) is 0 Å². The molecule has 0 atom stereocenters. The minimum absolute atomic E-state index is 0.183. The van der Waals surface area contributed by atoms with E-state index in [1.807, 2.05) is 6.92 Å². The van der Waals surface area contributed by atoms with Crippen LogP contribution in [0.4, 0.5) is 5.82 Å². The Kier molecular flexibility index (Phi) is 5.96. The van der Waals surface area contributed by atoms with Crippen molar-refractivity contribution in [2.75, 3.05) is 31.6 Å². The number of nitrogens with zero attached hydrogens (tertiary/aromatic N) is 1. The van der Waals surface area contributed by atoms with Gasteiger partial charge in [-0.3, -0.25) is 0 Å². The standard InChI is InChI=1S/C14H23N3O3S/c1-2-15-14-7-6-13(10-16-14)21(18,19)17-8-3-9-20-11-12-4-5-12/h6-7,10,12,17H,2-5,8-9,11H2,1H3,(H,15,16). The average molecular weight is 313 g/mol. The fourth-order valence-electron chi connectivity index (χ4n) is 1.82. The Hall–Kier alpha value is -1.18. The van der Waals surface area contributed by atoms with Gasteiger partial charge in [0.1, 0.15) is 10.7 Å². The molecule has 0 amide bonds. The molecule has 0 saturated heterocycles. The van der Waals surface area contributed by atoms with E-state index in [1.54, 1.807) is 12.1 Å². The van der Waals surface area contributed by atoms with Crippen LogP contribution < -0.4 is 10.0 Å². The summed E-state index contributed by atoms with van der Waals surface area (Å²) in [6, 6.07) is 3.22. The van der Waals surface area contributed by atoms with E-state index >= 15 is 0 Å². The molecule has 6 nitrogen and oxygen atoms in total. The van der Waals surface area contributed by atoms with E-state index in [4.69, 9.17) is 4.74 Å². The molecule has 21 heavy (non-hydrogen) atoms. The van der Waals surface area contributed by atoms with Crippen LogP contribution in [0.15, 0.2) is 23.2 Å². The highest BCUT2D eigenvalue weighted by molar-refractivity contribution is 7.89. The average Bonchev–Trinajstić information content (AvgIpc) is 3.28. The third-order valence-electron chi connectivity index (χ3n) is 3.21. The molecule has 0 unspecified atom stereocenters. The van der Waals surface area contributed by atoms with Crippen molar-refractivity contribution in [3.05, 3.63) is 18.3 Å². The molecule has 1 aromatic rings. The van der Waals surface area contributed by atoms with E-state index < -0.39 is 10.0 Å². The number of rotatable bonds is 10. The molecule has 0 radical (unpaired) electrons. The summed E-state index contributed by atoms with van der Waals surface area (Å²) in [5.41, 5.74) is 0. The SMILES string of the molecule is CCNc1ccc(S(=O)(=O)NCCCOCC2CC2)cn1. The molecule has 118 valence electrons. The molecular formula is C14H23N3O3S. The highest BCUT2D eigenvalue weighted by Crippen LogP contribution is 2.28. The zero-order valence-electron chi connectivity index (χ0n) is 12.3. The number of sulfonamides is 1. The smallest absolute Gasteiger partial charge is 0.242 e. The lowest BCUT2D eigenvalue weighted by Crippen LogP contribution is -2.25. The Morgan fingerprint density at radius 1 is 1.38 bits per heavy atom. The predicted molar refractivity (Wildman–Crippen MR) is 81.7 cm³/mol. The summed E-state index contributed by atoms with van der Waals surface area (Å²) < 4.78 is 32.1. The molecule has 1 aromatic heterocycles. The molecule has 7 heteroatoms. The van der Waals surface area contributed by atoms with Gasteiger partial charge in [0.15, 0.2) is 0 Å². The first kappa shape index (κ1) is 16.2. The van der Waals surface area contributed by atoms with Gasteiger partial charge in [-0.25, -0.2) is 18.1 Å². The van der Waals surface area contributed by atoms with Gasteiger partial charge in [-0.05, 0) is 44.2 Å². The maximum Gasteiger partial charge on any atom is 0.242 e. The molecule has 1 fully saturated rings. The topological polar surface area (TPSA) is 80.3 Å². The molecule has 0 bridgehead atoms. The number of nitrogens with one attached hydrogen (secondary N) is 2. The van der Waals surface area contributed by atoms with E-state index in [9.17, 15) is 8.42 Å². The van der Waals surface area contributed by atoms with Crippen molar-refractivity contribution in [3.8, 4) is 0 Å². The molecule has 1 heterocycles. The monoisotopic (exact) mass is 313 g/mol. The van der Waals surface area contributed by atoms with Crippen molar-refractivity contribution >= 4 is 15.8 Å². The Balaban J connectivity index is 1.72. The zero-order valence-corrected chi connectivity index (χ0v) is 13.2. The highest BCUT2D eigenvalue weighted by Gasteiger charge is 2.21. The van der Waals surface area contributed by atoms with E-state index in [0.717, 1.165) is 19.1 Å². The number of anilines is 1. The fraction of sp³-hybridized carbons (Fsp3) is 0.643. The van der Waals surface area contributed by atoms with Crippen LogP contribution in [0.2, 0.25) is 0 Å². The van der Waals surface area contributed by atoms with Crippen LogP contribution in [0.3, 0.4) is 0 Å². The zero-order chi connectivity index (χ0) is 15.1. The first-order chi connectivity index (χ1) is 10.1. The minimum Gasteiger partial charge on any atom is -0.381 e. The van der Waals surface area contributed by atoms with Gasteiger partial charge in [-0.1, -0.05) is 0 Å². The second kappa shape index (κ2) is 7.72. The minimum atomic E-state index is -3.48. The molecular weight excluding hydrogens is 290 g/mol. The Labute approximate surface area is 126 Å². The number of aromatic nitrogens is 1. The van der Waals surface area contributed by atoms with Crippen molar-refractivity contribution < 1.29 is 13.2 Å². The molecule has 1 aliphatic carbocycles. The summed E-state index contributed by atoms with van der Waals surface area (Å²) in [6.07, 6.45) is 4.57. The van der Waals surface area contributed by atoms with Crippen molar-refractivity contribution in [3.63, 3.8) is 0 Å².